The lowest BCUT2D eigenvalue weighted by atomic mass is 10.2. The molecule has 6 nitrogen and oxygen atoms in total. The van der Waals surface area contributed by atoms with Gasteiger partial charge in [-0.1, -0.05) is 29.8 Å². The molecule has 0 aromatic heterocycles. The molecule has 0 atom stereocenters. The average molecular weight is 301 g/mol. The highest BCUT2D eigenvalue weighted by Crippen LogP contribution is 2.14. The van der Waals surface area contributed by atoms with E-state index in [0.717, 1.165) is 5.56 Å². The third kappa shape index (κ3) is 5.16. The summed E-state index contributed by atoms with van der Waals surface area (Å²) in [5, 5.41) is 5.42. The van der Waals surface area contributed by atoms with Crippen molar-refractivity contribution in [2.45, 2.75) is 12.8 Å². The summed E-state index contributed by atoms with van der Waals surface area (Å²) >= 11 is 5.94. The number of halogens is 1. The Morgan fingerprint density at radius 1 is 1.15 bits per heavy atom. The highest BCUT2D eigenvalue weighted by Gasteiger charge is 2.15. The second kappa shape index (κ2) is 8.52. The molecule has 0 unspecified atom stereocenters. The molecule has 0 aliphatic carbocycles. The Morgan fingerprint density at radius 3 is 2.35 bits per heavy atom. The van der Waals surface area contributed by atoms with E-state index >= 15 is 0 Å². The molecule has 1 aromatic rings. The molecule has 0 saturated heterocycles. The lowest BCUT2D eigenvalue weighted by Gasteiger charge is -2.13. The smallest absolute Gasteiger partial charge is 0.309 e. The normalized spacial score (nSPS) is 10.4. The van der Waals surface area contributed by atoms with E-state index in [1.807, 2.05) is 0 Å². The Morgan fingerprint density at radius 2 is 1.75 bits per heavy atom. The van der Waals surface area contributed by atoms with Gasteiger partial charge in [0.25, 0.3) is 0 Å². The maximum absolute atomic E-state index is 11.6. The fraction of sp³-hybridized carbons (Fsp3) is 0.385. The molecule has 0 saturated carbocycles. The van der Waals surface area contributed by atoms with Crippen LogP contribution in [0.5, 0.6) is 0 Å². The second-order valence-corrected chi connectivity index (χ2v) is 4.29. The number of nitrogens with one attached hydrogen (secondary N) is 2. The minimum atomic E-state index is -0.754. The second-order valence-electron chi connectivity index (χ2n) is 3.89. The third-order valence-corrected chi connectivity index (χ3v) is 2.93. The van der Waals surface area contributed by atoms with E-state index in [9.17, 15) is 9.59 Å². The first kappa shape index (κ1) is 16.4. The highest BCUT2D eigenvalue weighted by atomic mass is 35.5. The van der Waals surface area contributed by atoms with Crippen molar-refractivity contribution >= 4 is 23.4 Å². The number of hydrogen-bond acceptors (Lipinski definition) is 4. The van der Waals surface area contributed by atoms with Crippen LogP contribution < -0.4 is 10.6 Å². The van der Waals surface area contributed by atoms with Crippen molar-refractivity contribution in [3.05, 3.63) is 34.9 Å². The van der Waals surface area contributed by atoms with Crippen LogP contribution in [0.2, 0.25) is 5.02 Å². The lowest BCUT2D eigenvalue weighted by Crippen LogP contribution is -2.43. The van der Waals surface area contributed by atoms with Crippen LogP contribution in [0, 0.1) is 0 Å². The summed E-state index contributed by atoms with van der Waals surface area (Å²) in [6, 6.07) is 7.07. The van der Waals surface area contributed by atoms with Crippen molar-refractivity contribution in [2.24, 2.45) is 0 Å². The summed E-state index contributed by atoms with van der Waals surface area (Å²) < 4.78 is 9.78. The molecule has 0 radical (unpaired) electrons. The van der Waals surface area contributed by atoms with Crippen molar-refractivity contribution in [2.75, 3.05) is 20.8 Å². The molecule has 0 heterocycles. The number of amides is 2. The topological polar surface area (TPSA) is 76.7 Å². The monoisotopic (exact) mass is 300 g/mol. The van der Waals surface area contributed by atoms with Crippen LogP contribution in [-0.4, -0.2) is 38.9 Å². The molecule has 2 N–H and O–H groups in total. The SMILES string of the molecule is COC(CNC(=O)C(=O)NCc1ccccc1Cl)OC. The van der Waals surface area contributed by atoms with Gasteiger partial charge in [-0.3, -0.25) is 9.59 Å². The van der Waals surface area contributed by atoms with Crippen molar-refractivity contribution in [1.29, 1.82) is 0 Å². The Bertz CT molecular complexity index is 463. The summed E-state index contributed by atoms with van der Waals surface area (Å²) in [5.74, 6) is -1.49. The van der Waals surface area contributed by atoms with Crippen LogP contribution in [0.4, 0.5) is 0 Å². The highest BCUT2D eigenvalue weighted by molar-refractivity contribution is 6.35. The van der Waals surface area contributed by atoms with E-state index in [0.29, 0.717) is 5.02 Å². The molecule has 0 bridgehead atoms. The Labute approximate surface area is 122 Å². The molecule has 7 heteroatoms. The van der Waals surface area contributed by atoms with Crippen LogP contribution in [0.1, 0.15) is 5.56 Å². The first-order valence-electron chi connectivity index (χ1n) is 5.93. The molecule has 0 aliphatic heterocycles. The van der Waals surface area contributed by atoms with Crippen molar-refractivity contribution in [3.63, 3.8) is 0 Å². The summed E-state index contributed by atoms with van der Waals surface area (Å²) in [6.07, 6.45) is -0.588. The molecule has 1 rings (SSSR count). The molecule has 2 amide bonds. The average Bonchev–Trinajstić information content (AvgIpc) is 2.46. The Kier molecular flexibility index (Phi) is 7.00. The first-order valence-corrected chi connectivity index (χ1v) is 6.31. The quantitative estimate of drug-likeness (QED) is 0.599. The van der Waals surface area contributed by atoms with Gasteiger partial charge in [-0.25, -0.2) is 0 Å². The van der Waals surface area contributed by atoms with Gasteiger partial charge in [0.05, 0.1) is 6.54 Å². The standard InChI is InChI=1S/C13H17ClN2O4/c1-19-11(20-2)8-16-13(18)12(17)15-7-9-5-3-4-6-10(9)14/h3-6,11H,7-8H2,1-2H3,(H,15,17)(H,16,18). The minimum absolute atomic E-state index is 0.0886. The van der Waals surface area contributed by atoms with Crippen molar-refractivity contribution in [1.82, 2.24) is 10.6 Å². The van der Waals surface area contributed by atoms with Gasteiger partial charge in [0, 0.05) is 25.8 Å². The van der Waals surface area contributed by atoms with Crippen LogP contribution in [0.15, 0.2) is 24.3 Å². The Balaban J connectivity index is 2.39. The summed E-state index contributed by atoms with van der Waals surface area (Å²) in [4.78, 5) is 23.1. The zero-order valence-electron chi connectivity index (χ0n) is 11.3. The molecular weight excluding hydrogens is 284 g/mol. The van der Waals surface area contributed by atoms with Gasteiger partial charge >= 0.3 is 11.8 Å². The Hall–Kier alpha value is -1.63. The van der Waals surface area contributed by atoms with Crippen LogP contribution in [0.25, 0.3) is 0 Å². The molecule has 20 heavy (non-hydrogen) atoms. The number of carbonyl (C=O) groups is 2. The van der Waals surface area contributed by atoms with E-state index in [1.165, 1.54) is 14.2 Å². The molecule has 0 fully saturated rings. The number of rotatable bonds is 6. The number of methoxy groups -OCH3 is 2. The number of carbonyl (C=O) groups excluding carboxylic acids is 2. The van der Waals surface area contributed by atoms with E-state index in [-0.39, 0.29) is 13.1 Å². The van der Waals surface area contributed by atoms with E-state index in [2.05, 4.69) is 10.6 Å². The predicted molar refractivity (Wildman–Crippen MR) is 74.1 cm³/mol. The first-order chi connectivity index (χ1) is 9.58. The fourth-order valence-electron chi connectivity index (χ4n) is 1.42. The van der Waals surface area contributed by atoms with E-state index < -0.39 is 18.1 Å². The van der Waals surface area contributed by atoms with Gasteiger partial charge < -0.3 is 20.1 Å². The lowest BCUT2D eigenvalue weighted by molar-refractivity contribution is -0.141. The molecule has 0 aliphatic rings. The van der Waals surface area contributed by atoms with E-state index in [1.54, 1.807) is 24.3 Å². The van der Waals surface area contributed by atoms with Gasteiger partial charge in [0.1, 0.15) is 0 Å². The molecule has 110 valence electrons. The van der Waals surface area contributed by atoms with Crippen molar-refractivity contribution < 1.29 is 19.1 Å². The number of hydrogen-bond donors (Lipinski definition) is 2. The van der Waals surface area contributed by atoms with Crippen molar-refractivity contribution in [3.8, 4) is 0 Å². The molecular formula is C13H17ClN2O4. The van der Waals surface area contributed by atoms with Gasteiger partial charge in [-0.15, -0.1) is 0 Å². The molecule has 1 aromatic carbocycles. The maximum Gasteiger partial charge on any atom is 0.309 e. The minimum Gasteiger partial charge on any atom is -0.354 e. The summed E-state index contributed by atoms with van der Waals surface area (Å²) in [5.41, 5.74) is 0.738. The van der Waals surface area contributed by atoms with Crippen LogP contribution >= 0.6 is 11.6 Å². The summed E-state index contributed by atoms with van der Waals surface area (Å²) in [7, 11) is 2.88. The molecule has 0 spiro atoms. The largest absolute Gasteiger partial charge is 0.354 e. The van der Waals surface area contributed by atoms with Gasteiger partial charge in [0.2, 0.25) is 0 Å². The van der Waals surface area contributed by atoms with Crippen LogP contribution in [0.3, 0.4) is 0 Å². The van der Waals surface area contributed by atoms with Gasteiger partial charge in [0.15, 0.2) is 6.29 Å². The summed E-state index contributed by atoms with van der Waals surface area (Å²) in [6.45, 7) is 0.273. The number of benzene rings is 1. The van der Waals surface area contributed by atoms with Gasteiger partial charge in [-0.05, 0) is 11.6 Å². The maximum atomic E-state index is 11.6. The fourth-order valence-corrected chi connectivity index (χ4v) is 1.62. The number of ether oxygens (including phenoxy) is 2. The zero-order chi connectivity index (χ0) is 15.0. The third-order valence-electron chi connectivity index (χ3n) is 2.56. The predicted octanol–water partition coefficient (Wildman–Crippen LogP) is 0.691. The van der Waals surface area contributed by atoms with Gasteiger partial charge in [-0.2, -0.15) is 0 Å². The zero-order valence-corrected chi connectivity index (χ0v) is 12.1. The van der Waals surface area contributed by atoms with E-state index in [4.69, 9.17) is 21.1 Å². The van der Waals surface area contributed by atoms with Crippen LogP contribution in [-0.2, 0) is 25.6 Å².